The monoisotopic (exact) mass is 1270 g/mol. The number of hydrogen-bond donors (Lipinski definition) is 1. The van der Waals surface area contributed by atoms with E-state index in [0.717, 1.165) is 67.0 Å². The normalized spacial score (nSPS) is 13.1. The van der Waals surface area contributed by atoms with Crippen LogP contribution in [0.25, 0.3) is 89.1 Å². The van der Waals surface area contributed by atoms with E-state index in [1.54, 1.807) is 0 Å². The summed E-state index contributed by atoms with van der Waals surface area (Å²) >= 11 is 0. The van der Waals surface area contributed by atoms with E-state index in [2.05, 4.69) is 294 Å². The van der Waals surface area contributed by atoms with E-state index in [9.17, 15) is 5.11 Å². The minimum absolute atomic E-state index is 0. The Balaban J connectivity index is 0.00000810. The molecule has 0 bridgehead atoms. The predicted octanol–water partition coefficient (Wildman–Crippen LogP) is 20.8. The third-order valence-electron chi connectivity index (χ3n) is 16.6. The van der Waals surface area contributed by atoms with Gasteiger partial charge in [0.05, 0.1) is 27.6 Å². The third kappa shape index (κ3) is 11.3. The van der Waals surface area contributed by atoms with Crippen molar-refractivity contribution < 1.29 is 26.2 Å². The Labute approximate surface area is 504 Å². The molecule has 0 amide bonds. The summed E-state index contributed by atoms with van der Waals surface area (Å²) in [5.41, 5.74) is 20.0. The van der Waals surface area contributed by atoms with Crippen molar-refractivity contribution in [2.75, 3.05) is 0 Å². The molecule has 3 heterocycles. The van der Waals surface area contributed by atoms with Crippen molar-refractivity contribution in [3.8, 4) is 62.0 Å². The van der Waals surface area contributed by atoms with Crippen molar-refractivity contribution >= 4 is 32.8 Å². The molecule has 3 aromatic heterocycles. The van der Waals surface area contributed by atoms with Gasteiger partial charge in [0.15, 0.2) is 0 Å². The van der Waals surface area contributed by atoms with Crippen molar-refractivity contribution in [1.82, 2.24) is 19.1 Å². The van der Waals surface area contributed by atoms with Crippen LogP contribution in [-0.2, 0) is 59.0 Å². The van der Waals surface area contributed by atoms with Gasteiger partial charge in [-0.15, -0.1) is 29.3 Å². The van der Waals surface area contributed by atoms with Gasteiger partial charge in [-0.05, 0) is 138 Å². The summed E-state index contributed by atoms with van der Waals surface area (Å²) in [6.07, 6.45) is 1.97. The Hall–Kier alpha value is -6.55. The second kappa shape index (κ2) is 20.7. The van der Waals surface area contributed by atoms with E-state index < -0.39 is 0 Å². The van der Waals surface area contributed by atoms with Crippen molar-refractivity contribution in [2.24, 2.45) is 0 Å². The van der Waals surface area contributed by atoms with Gasteiger partial charge in [-0.25, -0.2) is 4.98 Å². The number of aromatic hydroxyl groups is 1. The van der Waals surface area contributed by atoms with Gasteiger partial charge in [-0.3, -0.25) is 9.55 Å². The first-order valence-electron chi connectivity index (χ1n) is 29.3. The first-order valence-corrected chi connectivity index (χ1v) is 29.3. The number of fused-ring (bicyclic) bond motifs is 4. The van der Waals surface area contributed by atoms with Crippen LogP contribution >= 0.6 is 0 Å². The molecular weight excluding hydrogens is 1180 g/mol. The molecule has 0 aliphatic heterocycles. The Kier molecular flexibility index (Phi) is 15.1. The summed E-state index contributed by atoms with van der Waals surface area (Å²) in [6.45, 7) is 47.7. The van der Waals surface area contributed by atoms with Crippen molar-refractivity contribution in [2.45, 2.75) is 183 Å². The second-order valence-corrected chi connectivity index (χ2v) is 30.3. The summed E-state index contributed by atoms with van der Waals surface area (Å²) in [5, 5.41) is 15.2. The number of imidazole rings is 1. The smallest absolute Gasteiger partial charge is 0.148 e. The topological polar surface area (TPSA) is 55.9 Å². The molecule has 10 rings (SSSR count). The second-order valence-electron chi connectivity index (χ2n) is 30.3. The standard InChI is InChI=1S/C76H87N4O.Pt/c1-70(2,3)49-30-31-64-59(41-49)60-43-53(74(13,14)15)42-58(67(60)79(64)55-26-23-22-24-27-55)46-32-33-77-63(37-46)48-34-47(35-50(36-48)71(4,5)6)57-28-25-29-65-66(57)78-69(61-44-54(75(16,17)18)45-62(68(61)81)76(19,20)21)80(65)56-39-51(72(7,8)9)38-52(40-56)73(10,11)12;/h22-33,35-45,81H,1-21H3;/q-1;. The molecule has 7 aromatic carbocycles. The molecular formula is C76H87N4OPt-. The third-order valence-corrected chi connectivity index (χ3v) is 16.6. The summed E-state index contributed by atoms with van der Waals surface area (Å²) in [6, 6.07) is 53.7. The molecule has 0 unspecified atom stereocenters. The van der Waals surface area contributed by atoms with Crippen molar-refractivity contribution in [1.29, 1.82) is 0 Å². The van der Waals surface area contributed by atoms with Crippen LogP contribution in [0.3, 0.4) is 0 Å². The molecule has 1 N–H and O–H groups in total. The minimum atomic E-state index is -0.338. The number of rotatable bonds is 6. The maximum absolute atomic E-state index is 12.7. The molecule has 6 heteroatoms. The molecule has 428 valence electrons. The Bertz CT molecular complexity index is 4050. The van der Waals surface area contributed by atoms with E-state index in [1.165, 1.54) is 49.6 Å². The summed E-state index contributed by atoms with van der Waals surface area (Å²) in [7, 11) is 0. The molecule has 0 aliphatic carbocycles. The molecule has 0 fully saturated rings. The van der Waals surface area contributed by atoms with E-state index in [1.807, 2.05) is 6.20 Å². The molecule has 0 saturated heterocycles. The summed E-state index contributed by atoms with van der Waals surface area (Å²) in [4.78, 5) is 11.0. The number of para-hydroxylation sites is 2. The van der Waals surface area contributed by atoms with Gasteiger partial charge in [-0.1, -0.05) is 211 Å². The molecule has 0 aliphatic rings. The van der Waals surface area contributed by atoms with Gasteiger partial charge < -0.3 is 9.67 Å². The molecule has 0 radical (unpaired) electrons. The first kappa shape index (κ1) is 60.1. The Morgan fingerprint density at radius 3 is 1.52 bits per heavy atom. The van der Waals surface area contributed by atoms with Gasteiger partial charge in [0, 0.05) is 66.2 Å². The zero-order chi connectivity index (χ0) is 58.9. The molecule has 0 atom stereocenters. The molecule has 0 spiro atoms. The van der Waals surface area contributed by atoms with Gasteiger partial charge in [0.25, 0.3) is 0 Å². The average Bonchev–Trinajstić information content (AvgIpc) is 3.26. The maximum Gasteiger partial charge on any atom is 0.148 e. The van der Waals surface area contributed by atoms with Crippen LogP contribution in [0.2, 0.25) is 0 Å². The summed E-state index contributed by atoms with van der Waals surface area (Å²) in [5.74, 6) is 0.959. The van der Waals surface area contributed by atoms with Crippen molar-refractivity contribution in [3.05, 3.63) is 185 Å². The van der Waals surface area contributed by atoms with Gasteiger partial charge >= 0.3 is 0 Å². The van der Waals surface area contributed by atoms with E-state index >= 15 is 0 Å². The maximum atomic E-state index is 12.7. The molecule has 0 saturated carbocycles. The zero-order valence-electron chi connectivity index (χ0n) is 52.8. The summed E-state index contributed by atoms with van der Waals surface area (Å²) < 4.78 is 4.77. The molecule has 82 heavy (non-hydrogen) atoms. The minimum Gasteiger partial charge on any atom is -0.507 e. The number of nitrogens with zero attached hydrogens (tertiary/aromatic N) is 4. The van der Waals surface area contributed by atoms with Gasteiger partial charge in [0.2, 0.25) is 0 Å². The molecule has 10 aromatic rings. The van der Waals surface area contributed by atoms with Gasteiger partial charge in [0.1, 0.15) is 11.6 Å². The fourth-order valence-electron chi connectivity index (χ4n) is 11.3. The van der Waals surface area contributed by atoms with Crippen LogP contribution in [0.5, 0.6) is 5.75 Å². The number of pyridine rings is 1. The SMILES string of the molecule is CC(C)(C)c1cc(-c2cc(-c3cc(C(C)(C)C)cc4c5cc(C(C)(C)C)ccc5n(-c5ccccc5)c34)ccn2)[c-]c(-c2cccc3c2nc(-c2cc(C(C)(C)C)cc(C(C)(C)C)c2O)n3-c2cc(C(C)(C)C)cc(C(C)(C)C)c2)c1.[Pt]. The Morgan fingerprint density at radius 2 is 0.939 bits per heavy atom. The average molecular weight is 1270 g/mol. The van der Waals surface area contributed by atoms with Crippen LogP contribution in [0, 0.1) is 6.07 Å². The molecule has 5 nitrogen and oxygen atoms in total. The fourth-order valence-corrected chi connectivity index (χ4v) is 11.3. The van der Waals surface area contributed by atoms with Crippen LogP contribution in [0.1, 0.15) is 184 Å². The van der Waals surface area contributed by atoms with E-state index in [0.29, 0.717) is 11.4 Å². The Morgan fingerprint density at radius 1 is 0.402 bits per heavy atom. The first-order chi connectivity index (χ1) is 37.5. The zero-order valence-corrected chi connectivity index (χ0v) is 55.1. The number of phenols is 1. The fraction of sp³-hybridized carbons (Fsp3) is 0.368. The predicted molar refractivity (Wildman–Crippen MR) is 346 cm³/mol. The van der Waals surface area contributed by atoms with E-state index in [4.69, 9.17) is 9.97 Å². The van der Waals surface area contributed by atoms with Crippen LogP contribution < -0.4 is 0 Å². The number of phenolic OH excluding ortho intramolecular Hbond substituents is 1. The number of hydrogen-bond acceptors (Lipinski definition) is 3. The number of aromatic nitrogens is 4. The van der Waals surface area contributed by atoms with Crippen LogP contribution in [-0.4, -0.2) is 24.2 Å². The van der Waals surface area contributed by atoms with Crippen LogP contribution in [0.15, 0.2) is 140 Å². The van der Waals surface area contributed by atoms with Crippen molar-refractivity contribution in [3.63, 3.8) is 0 Å². The number of benzene rings is 7. The van der Waals surface area contributed by atoms with Crippen LogP contribution in [0.4, 0.5) is 0 Å². The van der Waals surface area contributed by atoms with Gasteiger partial charge in [-0.2, -0.15) is 0 Å². The largest absolute Gasteiger partial charge is 0.507 e. The van der Waals surface area contributed by atoms with E-state index in [-0.39, 0.29) is 64.7 Å². The quantitative estimate of drug-likeness (QED) is 0.169.